The monoisotopic (exact) mass is 415 g/mol. The van der Waals surface area contributed by atoms with Gasteiger partial charge in [-0.15, -0.1) is 0 Å². The molecular formula is C25H29N5O. The van der Waals surface area contributed by atoms with Crippen molar-refractivity contribution in [2.24, 2.45) is 22.7 Å². The van der Waals surface area contributed by atoms with E-state index in [1.807, 2.05) is 24.9 Å². The van der Waals surface area contributed by atoms with Gasteiger partial charge in [0.15, 0.2) is 11.9 Å². The van der Waals surface area contributed by atoms with Crippen molar-refractivity contribution < 1.29 is 4.79 Å². The zero-order chi connectivity index (χ0) is 22.0. The number of carbonyl (C=O) groups excluding carboxylic acids is 1. The predicted molar refractivity (Wildman–Crippen MR) is 120 cm³/mol. The third-order valence-corrected chi connectivity index (χ3v) is 6.96. The van der Waals surface area contributed by atoms with E-state index in [9.17, 15) is 4.79 Å². The van der Waals surface area contributed by atoms with E-state index < -0.39 is 5.41 Å². The minimum absolute atomic E-state index is 0.0621. The zero-order valence-electron chi connectivity index (χ0n) is 18.9. The van der Waals surface area contributed by atoms with Gasteiger partial charge in [-0.2, -0.15) is 15.3 Å². The largest absolute Gasteiger partial charge is 0.362 e. The van der Waals surface area contributed by atoms with E-state index in [1.165, 1.54) is 0 Å². The van der Waals surface area contributed by atoms with Crippen LogP contribution in [0.25, 0.3) is 11.3 Å². The molecule has 160 valence electrons. The highest BCUT2D eigenvalue weighted by atomic mass is 16.1. The quantitative estimate of drug-likeness (QED) is 0.770. The van der Waals surface area contributed by atoms with Gasteiger partial charge in [-0.3, -0.25) is 9.48 Å². The van der Waals surface area contributed by atoms with Gasteiger partial charge in [0, 0.05) is 35.9 Å². The van der Waals surface area contributed by atoms with E-state index in [4.69, 9.17) is 0 Å². The summed E-state index contributed by atoms with van der Waals surface area (Å²) >= 11 is 0. The van der Waals surface area contributed by atoms with Crippen LogP contribution in [0, 0.1) is 12.3 Å². The fourth-order valence-corrected chi connectivity index (χ4v) is 5.71. The topological polar surface area (TPSA) is 71.6 Å². The molecule has 2 atom stereocenters. The third kappa shape index (κ3) is 2.92. The van der Waals surface area contributed by atoms with Crippen molar-refractivity contribution in [3.05, 3.63) is 64.6 Å². The first-order valence-electron chi connectivity index (χ1n) is 11.0. The molecule has 1 aromatic heterocycles. The van der Waals surface area contributed by atoms with Crippen LogP contribution in [-0.4, -0.2) is 21.7 Å². The van der Waals surface area contributed by atoms with Crippen LogP contribution in [0.2, 0.25) is 0 Å². The predicted octanol–water partition coefficient (Wildman–Crippen LogP) is 4.97. The number of aryl methyl sites for hydroxylation is 2. The maximum atomic E-state index is 13.6. The molecule has 1 aromatic carbocycles. The standard InChI is InChI=1S/C25H29N5O/c1-6-25(17-9-7-8-16(11-17)20-10-15(2)29-30(20)5)18-14-26-28-23(18)27-19-12-24(3,4)13-21(31)22(19)25/h7-11,14,23,27H,6,12-13H2,1-5H3/t23?,25-/m1/s1. The Morgan fingerprint density at radius 1 is 1.23 bits per heavy atom. The van der Waals surface area contributed by atoms with Gasteiger partial charge in [-0.1, -0.05) is 39.0 Å². The Hall–Kier alpha value is -3.02. The summed E-state index contributed by atoms with van der Waals surface area (Å²) < 4.78 is 1.91. The number of allylic oxidation sites excluding steroid dienone is 2. The van der Waals surface area contributed by atoms with Crippen LogP contribution < -0.4 is 5.32 Å². The van der Waals surface area contributed by atoms with E-state index in [1.54, 1.807) is 0 Å². The second-order valence-electron chi connectivity index (χ2n) is 9.79. The Kier molecular flexibility index (Phi) is 4.33. The Bertz CT molecular complexity index is 1180. The first kappa shape index (κ1) is 19.9. The highest BCUT2D eigenvalue weighted by Crippen LogP contribution is 2.53. The third-order valence-electron chi connectivity index (χ3n) is 6.96. The minimum Gasteiger partial charge on any atom is -0.362 e. The molecule has 0 amide bonds. The number of Topliss-reactive ketones (excluding diaryl/α,β-unsaturated/α-hetero) is 1. The van der Waals surface area contributed by atoms with E-state index in [0.29, 0.717) is 6.42 Å². The number of fused-ring (bicyclic) bond motifs is 1. The van der Waals surface area contributed by atoms with Crippen LogP contribution >= 0.6 is 0 Å². The Morgan fingerprint density at radius 2 is 2.03 bits per heavy atom. The number of benzene rings is 1. The summed E-state index contributed by atoms with van der Waals surface area (Å²) in [6.45, 7) is 8.50. The van der Waals surface area contributed by atoms with Gasteiger partial charge in [0.25, 0.3) is 0 Å². The molecule has 0 saturated carbocycles. The molecule has 3 aliphatic rings. The Morgan fingerprint density at radius 3 is 2.74 bits per heavy atom. The lowest BCUT2D eigenvalue weighted by Gasteiger charge is -2.47. The summed E-state index contributed by atoms with van der Waals surface area (Å²) in [7, 11) is 1.97. The Labute approximate surface area is 183 Å². The van der Waals surface area contributed by atoms with Crippen molar-refractivity contribution >= 4 is 5.78 Å². The SMILES string of the molecule is CC[C@@]1(c2cccc(-c3cc(C)nn3C)c2)C2=CN=NC2NC2=C1C(=O)CC(C)(C)C2. The van der Waals surface area contributed by atoms with Gasteiger partial charge in [0.05, 0.1) is 23.0 Å². The maximum Gasteiger partial charge on any atom is 0.164 e. The summed E-state index contributed by atoms with van der Waals surface area (Å²) in [4.78, 5) is 13.6. The van der Waals surface area contributed by atoms with E-state index in [2.05, 4.69) is 71.7 Å². The molecule has 1 N–H and O–H groups in total. The number of nitrogens with zero attached hydrogens (tertiary/aromatic N) is 4. The first-order chi connectivity index (χ1) is 14.7. The van der Waals surface area contributed by atoms with Crippen LogP contribution in [0.5, 0.6) is 0 Å². The summed E-state index contributed by atoms with van der Waals surface area (Å²) in [5.74, 6) is 0.230. The van der Waals surface area contributed by atoms with Gasteiger partial charge in [0.2, 0.25) is 0 Å². The normalized spacial score (nSPS) is 26.4. The van der Waals surface area contributed by atoms with E-state index in [0.717, 1.165) is 52.2 Å². The minimum atomic E-state index is -0.522. The number of azo groups is 1. The number of nitrogens with one attached hydrogen (secondary N) is 1. The second-order valence-corrected chi connectivity index (χ2v) is 9.79. The fraction of sp³-hybridized carbons (Fsp3) is 0.440. The zero-order valence-corrected chi connectivity index (χ0v) is 18.9. The molecule has 31 heavy (non-hydrogen) atoms. The molecule has 3 heterocycles. The van der Waals surface area contributed by atoms with E-state index >= 15 is 0 Å². The van der Waals surface area contributed by atoms with Crippen molar-refractivity contribution in [3.8, 4) is 11.3 Å². The average molecular weight is 416 g/mol. The summed E-state index contributed by atoms with van der Waals surface area (Å²) in [6, 6.07) is 10.7. The smallest absolute Gasteiger partial charge is 0.164 e. The molecule has 6 heteroatoms. The fourth-order valence-electron chi connectivity index (χ4n) is 5.71. The summed E-state index contributed by atoms with van der Waals surface area (Å²) in [6.07, 6.45) is 3.83. The van der Waals surface area contributed by atoms with Crippen LogP contribution in [0.3, 0.4) is 0 Å². The maximum absolute atomic E-state index is 13.6. The number of ketones is 1. The lowest BCUT2D eigenvalue weighted by atomic mass is 9.58. The highest BCUT2D eigenvalue weighted by Gasteiger charge is 2.52. The first-order valence-corrected chi connectivity index (χ1v) is 11.0. The average Bonchev–Trinajstić information content (AvgIpc) is 3.31. The lowest BCUT2D eigenvalue weighted by molar-refractivity contribution is -0.119. The molecule has 1 aliphatic carbocycles. The van der Waals surface area contributed by atoms with Crippen LogP contribution in [0.15, 0.2) is 63.6 Å². The van der Waals surface area contributed by atoms with Crippen molar-refractivity contribution in [2.75, 3.05) is 0 Å². The molecule has 5 rings (SSSR count). The van der Waals surface area contributed by atoms with E-state index in [-0.39, 0.29) is 17.4 Å². The number of hydrogen-bond donors (Lipinski definition) is 1. The summed E-state index contributed by atoms with van der Waals surface area (Å²) in [5.41, 5.74) is 6.70. The van der Waals surface area contributed by atoms with Gasteiger partial charge in [0.1, 0.15) is 0 Å². The molecule has 0 saturated heterocycles. The molecule has 2 aromatic rings. The number of aromatic nitrogens is 2. The number of rotatable bonds is 3. The van der Waals surface area contributed by atoms with Crippen LogP contribution in [0.1, 0.15) is 51.3 Å². The molecule has 0 spiro atoms. The van der Waals surface area contributed by atoms with Gasteiger partial charge in [-0.05, 0) is 42.9 Å². The van der Waals surface area contributed by atoms with Crippen LogP contribution in [0.4, 0.5) is 0 Å². The lowest BCUT2D eigenvalue weighted by Crippen LogP contribution is -2.51. The van der Waals surface area contributed by atoms with Gasteiger partial charge < -0.3 is 5.32 Å². The van der Waals surface area contributed by atoms with Crippen molar-refractivity contribution in [1.29, 1.82) is 0 Å². The molecule has 0 fully saturated rings. The molecular weight excluding hydrogens is 386 g/mol. The van der Waals surface area contributed by atoms with Crippen molar-refractivity contribution in [2.45, 2.75) is 58.5 Å². The molecule has 2 aliphatic heterocycles. The molecule has 1 unspecified atom stereocenters. The van der Waals surface area contributed by atoms with Crippen molar-refractivity contribution in [3.63, 3.8) is 0 Å². The Balaban J connectivity index is 1.74. The molecule has 0 radical (unpaired) electrons. The van der Waals surface area contributed by atoms with Crippen LogP contribution in [-0.2, 0) is 17.3 Å². The number of carbonyl (C=O) groups is 1. The van der Waals surface area contributed by atoms with Crippen molar-refractivity contribution in [1.82, 2.24) is 15.1 Å². The second kappa shape index (κ2) is 6.74. The molecule has 0 bridgehead atoms. The number of hydrogen-bond acceptors (Lipinski definition) is 5. The summed E-state index contributed by atoms with van der Waals surface area (Å²) in [5, 5.41) is 16.8. The molecule has 6 nitrogen and oxygen atoms in total. The highest BCUT2D eigenvalue weighted by molar-refractivity contribution is 6.01. The van der Waals surface area contributed by atoms with Gasteiger partial charge in [-0.25, -0.2) is 0 Å². The van der Waals surface area contributed by atoms with Gasteiger partial charge >= 0.3 is 0 Å².